The van der Waals surface area contributed by atoms with Crippen molar-refractivity contribution in [3.05, 3.63) is 42.0 Å². The summed E-state index contributed by atoms with van der Waals surface area (Å²) >= 11 is 0. The average Bonchev–Trinajstić information content (AvgIpc) is 2.35. The Labute approximate surface area is 132 Å². The molecular formula is C14H22N2O4S2. The zero-order chi connectivity index (χ0) is 17.0. The van der Waals surface area contributed by atoms with Crippen molar-refractivity contribution in [3.63, 3.8) is 0 Å². The van der Waals surface area contributed by atoms with Crippen molar-refractivity contribution in [3.8, 4) is 0 Å². The fourth-order valence-electron chi connectivity index (χ4n) is 2.02. The Bertz CT molecular complexity index is 740. The first-order valence-corrected chi connectivity index (χ1v) is 10.0. The molecule has 0 atom stereocenters. The van der Waals surface area contributed by atoms with Gasteiger partial charge in [0.1, 0.15) is 0 Å². The van der Waals surface area contributed by atoms with Gasteiger partial charge in [0.25, 0.3) is 0 Å². The predicted molar refractivity (Wildman–Crippen MR) is 87.7 cm³/mol. The third-order valence-corrected chi connectivity index (χ3v) is 5.97. The van der Waals surface area contributed by atoms with E-state index in [1.165, 1.54) is 6.08 Å². The van der Waals surface area contributed by atoms with Crippen LogP contribution in [0.4, 0.5) is 0 Å². The maximum atomic E-state index is 12.3. The highest BCUT2D eigenvalue weighted by atomic mass is 32.2. The lowest BCUT2D eigenvalue weighted by atomic mass is 10.2. The number of sulfonamides is 2. The first kappa shape index (κ1) is 18.8. The van der Waals surface area contributed by atoms with Gasteiger partial charge in [0.15, 0.2) is 0 Å². The van der Waals surface area contributed by atoms with Crippen molar-refractivity contribution in [1.29, 1.82) is 0 Å². The number of nitrogens with zero attached hydrogens (tertiary/aromatic N) is 1. The normalized spacial score (nSPS) is 12.5. The summed E-state index contributed by atoms with van der Waals surface area (Å²) in [7, 11) is -7.06. The molecule has 0 saturated heterocycles. The van der Waals surface area contributed by atoms with Gasteiger partial charge in [-0.2, -0.15) is 4.31 Å². The molecule has 0 fully saturated rings. The minimum atomic E-state index is -3.66. The summed E-state index contributed by atoms with van der Waals surface area (Å²) in [5.74, 6) is 0. The number of hydrogen-bond acceptors (Lipinski definition) is 4. The molecular weight excluding hydrogens is 324 g/mol. The molecule has 0 aromatic heterocycles. The van der Waals surface area contributed by atoms with Crippen molar-refractivity contribution in [2.24, 2.45) is 0 Å². The molecule has 1 aromatic rings. The summed E-state index contributed by atoms with van der Waals surface area (Å²) < 4.78 is 51.2. The molecule has 0 spiro atoms. The van der Waals surface area contributed by atoms with Crippen molar-refractivity contribution >= 4 is 20.0 Å². The molecule has 0 bridgehead atoms. The predicted octanol–water partition coefficient (Wildman–Crippen LogP) is 1.03. The standard InChI is InChI=1S/C14H22N2O4S2/c1-5-9-16(21(4,17)18)10-8-15-22(19,20)14-7-6-12(2)11-13(14)3/h5-7,11,15H,1,8-10H2,2-4H3. The number of aryl methyl sites for hydroxylation is 2. The van der Waals surface area contributed by atoms with Crippen molar-refractivity contribution in [2.45, 2.75) is 18.7 Å². The van der Waals surface area contributed by atoms with Crippen LogP contribution in [-0.2, 0) is 20.0 Å². The number of hydrogen-bond donors (Lipinski definition) is 1. The Morgan fingerprint density at radius 3 is 2.36 bits per heavy atom. The molecule has 0 aliphatic carbocycles. The molecule has 0 aliphatic heterocycles. The monoisotopic (exact) mass is 346 g/mol. The van der Waals surface area contributed by atoms with Crippen molar-refractivity contribution in [2.75, 3.05) is 25.9 Å². The average molecular weight is 346 g/mol. The molecule has 22 heavy (non-hydrogen) atoms. The third kappa shape index (κ3) is 5.20. The van der Waals surface area contributed by atoms with E-state index in [0.717, 1.165) is 16.1 Å². The lowest BCUT2D eigenvalue weighted by Crippen LogP contribution is -2.38. The highest BCUT2D eigenvalue weighted by Crippen LogP contribution is 2.16. The lowest BCUT2D eigenvalue weighted by molar-refractivity contribution is 0.447. The molecule has 0 heterocycles. The highest BCUT2D eigenvalue weighted by Gasteiger charge is 2.19. The Kier molecular flexibility index (Phi) is 6.30. The highest BCUT2D eigenvalue weighted by molar-refractivity contribution is 7.89. The van der Waals surface area contributed by atoms with Crippen LogP contribution in [0.1, 0.15) is 11.1 Å². The largest absolute Gasteiger partial charge is 0.240 e. The molecule has 1 aromatic carbocycles. The van der Waals surface area contributed by atoms with Gasteiger partial charge in [0, 0.05) is 19.6 Å². The van der Waals surface area contributed by atoms with Gasteiger partial charge in [-0.1, -0.05) is 23.8 Å². The second-order valence-electron chi connectivity index (χ2n) is 5.08. The lowest BCUT2D eigenvalue weighted by Gasteiger charge is -2.18. The topological polar surface area (TPSA) is 83.6 Å². The fraction of sp³-hybridized carbons (Fsp3) is 0.429. The van der Waals surface area contributed by atoms with Crippen LogP contribution in [0.2, 0.25) is 0 Å². The SMILES string of the molecule is C=CCN(CCNS(=O)(=O)c1ccc(C)cc1C)S(C)(=O)=O. The van der Waals surface area contributed by atoms with Crippen LogP contribution in [-0.4, -0.2) is 47.0 Å². The molecule has 0 saturated carbocycles. The van der Waals surface area contributed by atoms with Gasteiger partial charge < -0.3 is 0 Å². The smallest absolute Gasteiger partial charge is 0.212 e. The molecule has 0 radical (unpaired) electrons. The number of rotatable bonds is 8. The molecule has 6 nitrogen and oxygen atoms in total. The quantitative estimate of drug-likeness (QED) is 0.713. The van der Waals surface area contributed by atoms with Gasteiger partial charge in [-0.25, -0.2) is 21.6 Å². The van der Waals surface area contributed by atoms with E-state index >= 15 is 0 Å². The van der Waals surface area contributed by atoms with Crippen LogP contribution in [0.3, 0.4) is 0 Å². The van der Waals surface area contributed by atoms with E-state index in [2.05, 4.69) is 11.3 Å². The van der Waals surface area contributed by atoms with E-state index in [1.54, 1.807) is 25.1 Å². The van der Waals surface area contributed by atoms with Crippen LogP contribution in [0.25, 0.3) is 0 Å². The summed E-state index contributed by atoms with van der Waals surface area (Å²) in [6.07, 6.45) is 2.54. The van der Waals surface area contributed by atoms with Crippen LogP contribution < -0.4 is 4.72 Å². The second kappa shape index (κ2) is 7.36. The van der Waals surface area contributed by atoms with E-state index in [0.29, 0.717) is 5.56 Å². The molecule has 1 N–H and O–H groups in total. The van der Waals surface area contributed by atoms with Gasteiger partial charge in [-0.05, 0) is 25.5 Å². The number of benzene rings is 1. The zero-order valence-electron chi connectivity index (χ0n) is 13.0. The summed E-state index contributed by atoms with van der Waals surface area (Å²) in [6.45, 7) is 7.29. The minimum Gasteiger partial charge on any atom is -0.212 e. The van der Waals surface area contributed by atoms with Crippen LogP contribution in [0.5, 0.6) is 0 Å². The molecule has 0 unspecified atom stereocenters. The maximum Gasteiger partial charge on any atom is 0.240 e. The summed E-state index contributed by atoms with van der Waals surface area (Å²) in [5, 5.41) is 0. The van der Waals surface area contributed by atoms with Crippen LogP contribution in [0.15, 0.2) is 35.7 Å². The van der Waals surface area contributed by atoms with E-state index in [-0.39, 0.29) is 24.5 Å². The zero-order valence-corrected chi connectivity index (χ0v) is 14.7. The van der Waals surface area contributed by atoms with Crippen LogP contribution >= 0.6 is 0 Å². The molecule has 0 aliphatic rings. The van der Waals surface area contributed by atoms with Gasteiger partial charge in [-0.15, -0.1) is 6.58 Å². The van der Waals surface area contributed by atoms with Crippen molar-refractivity contribution < 1.29 is 16.8 Å². The van der Waals surface area contributed by atoms with Gasteiger partial charge in [-0.3, -0.25) is 0 Å². The van der Waals surface area contributed by atoms with E-state index in [9.17, 15) is 16.8 Å². The molecule has 0 amide bonds. The Morgan fingerprint density at radius 1 is 1.23 bits per heavy atom. The van der Waals surface area contributed by atoms with E-state index in [1.807, 2.05) is 6.92 Å². The Balaban J connectivity index is 2.80. The van der Waals surface area contributed by atoms with E-state index < -0.39 is 20.0 Å². The summed E-state index contributed by atoms with van der Waals surface area (Å²) in [4.78, 5) is 0.202. The number of nitrogens with one attached hydrogen (secondary N) is 1. The Hall–Kier alpha value is -1.22. The second-order valence-corrected chi connectivity index (χ2v) is 8.79. The van der Waals surface area contributed by atoms with Crippen molar-refractivity contribution in [1.82, 2.24) is 9.03 Å². The Morgan fingerprint density at radius 2 is 1.86 bits per heavy atom. The van der Waals surface area contributed by atoms with Crippen LogP contribution in [0, 0.1) is 13.8 Å². The van der Waals surface area contributed by atoms with Gasteiger partial charge >= 0.3 is 0 Å². The fourth-order valence-corrected chi connectivity index (χ4v) is 4.06. The van der Waals surface area contributed by atoms with Gasteiger partial charge in [0.2, 0.25) is 20.0 Å². The summed E-state index contributed by atoms with van der Waals surface area (Å²) in [6, 6.07) is 5.06. The van der Waals surface area contributed by atoms with E-state index in [4.69, 9.17) is 0 Å². The summed E-state index contributed by atoms with van der Waals surface area (Å²) in [5.41, 5.74) is 1.63. The van der Waals surface area contributed by atoms with Gasteiger partial charge in [0.05, 0.1) is 11.2 Å². The molecule has 1 rings (SSSR count). The maximum absolute atomic E-state index is 12.3. The molecule has 8 heteroatoms. The first-order valence-electron chi connectivity index (χ1n) is 6.71. The third-order valence-electron chi connectivity index (χ3n) is 3.07. The molecule has 124 valence electrons. The minimum absolute atomic E-state index is 0.00341. The first-order chi connectivity index (χ1) is 10.1.